The van der Waals surface area contributed by atoms with Gasteiger partial charge in [-0.15, -0.1) is 0 Å². The first-order chi connectivity index (χ1) is 18.0. The van der Waals surface area contributed by atoms with Crippen LogP contribution in [0.15, 0.2) is 76.0 Å². The van der Waals surface area contributed by atoms with Crippen molar-refractivity contribution in [3.05, 3.63) is 77.4 Å². The van der Waals surface area contributed by atoms with Crippen molar-refractivity contribution in [2.24, 2.45) is 0 Å². The number of carbonyl (C=O) groups excluding carboxylic acids is 2. The van der Waals surface area contributed by atoms with E-state index in [4.69, 9.17) is 18.9 Å². The molecule has 9 heteroatoms. The molecule has 0 bridgehead atoms. The van der Waals surface area contributed by atoms with Crippen LogP contribution >= 0.6 is 11.8 Å². The Morgan fingerprint density at radius 2 is 1.38 bits per heavy atom. The summed E-state index contributed by atoms with van der Waals surface area (Å²) >= 11 is 1.63. The zero-order chi connectivity index (χ0) is 26.5. The summed E-state index contributed by atoms with van der Waals surface area (Å²) in [4.78, 5) is 26.2. The number of nitrogens with zero attached hydrogens (tertiary/aromatic N) is 1. The van der Waals surface area contributed by atoms with Gasteiger partial charge >= 0.3 is 5.97 Å². The highest BCUT2D eigenvalue weighted by Gasteiger charge is 2.26. The Labute approximate surface area is 221 Å². The Kier molecular flexibility index (Phi) is 11.4. The summed E-state index contributed by atoms with van der Waals surface area (Å²) in [6.45, 7) is 7.59. The molecule has 1 aliphatic rings. The molecule has 1 heterocycles. The number of nitrogens with one attached hydrogen (secondary N) is 1. The molecule has 2 aromatic carbocycles. The third-order valence-electron chi connectivity index (χ3n) is 5.21. The van der Waals surface area contributed by atoms with Crippen molar-refractivity contribution in [2.45, 2.75) is 16.7 Å². The molecule has 1 N–H and O–H groups in total. The van der Waals surface area contributed by atoms with Gasteiger partial charge in [0.1, 0.15) is 18.2 Å². The number of fused-ring (bicyclic) bond motifs is 2. The molecule has 1 aliphatic heterocycles. The van der Waals surface area contributed by atoms with Crippen molar-refractivity contribution in [1.29, 1.82) is 5.26 Å². The van der Waals surface area contributed by atoms with E-state index in [0.717, 1.165) is 20.9 Å². The number of benzene rings is 2. The van der Waals surface area contributed by atoms with Gasteiger partial charge < -0.3 is 24.3 Å². The normalized spacial score (nSPS) is 11.6. The van der Waals surface area contributed by atoms with Crippen molar-refractivity contribution in [3.63, 3.8) is 0 Å². The van der Waals surface area contributed by atoms with Gasteiger partial charge in [-0.3, -0.25) is 4.79 Å². The number of ether oxygens (including phenoxy) is 4. The lowest BCUT2D eigenvalue weighted by atomic mass is 9.92. The predicted molar refractivity (Wildman–Crippen MR) is 140 cm³/mol. The fourth-order valence-electron chi connectivity index (χ4n) is 3.46. The molecule has 8 nitrogen and oxygen atoms in total. The van der Waals surface area contributed by atoms with Crippen LogP contribution in [0, 0.1) is 11.3 Å². The minimum absolute atomic E-state index is 0.0814. The third-order valence-corrected chi connectivity index (χ3v) is 6.36. The first-order valence-corrected chi connectivity index (χ1v) is 12.7. The minimum atomic E-state index is -0.433. The van der Waals surface area contributed by atoms with E-state index in [9.17, 15) is 14.9 Å². The molecule has 0 aliphatic carbocycles. The number of carbonyl (C=O) groups is 2. The van der Waals surface area contributed by atoms with Crippen LogP contribution in [0.1, 0.15) is 18.1 Å². The Morgan fingerprint density at radius 1 is 0.865 bits per heavy atom. The zero-order valence-corrected chi connectivity index (χ0v) is 21.6. The van der Waals surface area contributed by atoms with Crippen molar-refractivity contribution in [1.82, 2.24) is 5.32 Å². The first kappa shape index (κ1) is 28.2. The molecular weight excluding hydrogens is 492 g/mol. The van der Waals surface area contributed by atoms with Gasteiger partial charge in [-0.25, -0.2) is 4.79 Å². The second-order valence-electron chi connectivity index (χ2n) is 7.97. The van der Waals surface area contributed by atoms with Gasteiger partial charge in [0, 0.05) is 27.5 Å². The van der Waals surface area contributed by atoms with E-state index >= 15 is 0 Å². The van der Waals surface area contributed by atoms with Crippen molar-refractivity contribution in [3.8, 4) is 6.07 Å². The molecule has 3 rings (SSSR count). The maximum atomic E-state index is 12.9. The maximum absolute atomic E-state index is 12.9. The summed E-state index contributed by atoms with van der Waals surface area (Å²) in [7, 11) is 0. The van der Waals surface area contributed by atoms with Gasteiger partial charge in [-0.1, -0.05) is 54.7 Å². The Balaban J connectivity index is 1.37. The fourth-order valence-corrected chi connectivity index (χ4v) is 4.55. The highest BCUT2D eigenvalue weighted by atomic mass is 32.2. The molecule has 0 atom stereocenters. The highest BCUT2D eigenvalue weighted by Crippen LogP contribution is 2.46. The second-order valence-corrected chi connectivity index (χ2v) is 9.05. The van der Waals surface area contributed by atoms with E-state index in [1.165, 1.54) is 0 Å². The lowest BCUT2D eigenvalue weighted by Gasteiger charge is -2.22. The molecule has 1 amide bonds. The van der Waals surface area contributed by atoms with E-state index in [2.05, 4.69) is 18.0 Å². The number of amides is 1. The van der Waals surface area contributed by atoms with E-state index in [-0.39, 0.29) is 31.9 Å². The predicted octanol–water partition coefficient (Wildman–Crippen LogP) is 3.76. The average molecular weight is 523 g/mol. The molecule has 194 valence electrons. The Hall–Kier alpha value is -3.42. The van der Waals surface area contributed by atoms with Crippen molar-refractivity contribution < 1.29 is 28.5 Å². The van der Waals surface area contributed by atoms with Crippen LogP contribution in [0.5, 0.6) is 0 Å². The summed E-state index contributed by atoms with van der Waals surface area (Å²) in [5.41, 5.74) is 2.84. The molecule has 0 saturated carbocycles. The molecular formula is C28H30N2O6S. The monoisotopic (exact) mass is 522 g/mol. The second kappa shape index (κ2) is 15.0. The number of hydrogen-bond acceptors (Lipinski definition) is 8. The molecule has 2 aromatic rings. The van der Waals surface area contributed by atoms with Crippen LogP contribution in [0.3, 0.4) is 0 Å². The molecule has 0 aromatic heterocycles. The zero-order valence-electron chi connectivity index (χ0n) is 20.8. The quantitative estimate of drug-likeness (QED) is 0.148. The lowest BCUT2D eigenvalue weighted by Crippen LogP contribution is -2.29. The van der Waals surface area contributed by atoms with Crippen LogP contribution in [-0.4, -0.2) is 64.7 Å². The molecule has 0 unspecified atom stereocenters. The third kappa shape index (κ3) is 8.30. The Morgan fingerprint density at radius 3 is 1.92 bits per heavy atom. The van der Waals surface area contributed by atoms with Gasteiger partial charge in [-0.05, 0) is 30.2 Å². The van der Waals surface area contributed by atoms with Crippen LogP contribution in [-0.2, 0) is 28.5 Å². The summed E-state index contributed by atoms with van der Waals surface area (Å²) in [6.07, 6.45) is 0. The summed E-state index contributed by atoms with van der Waals surface area (Å²) in [6, 6.07) is 17.7. The van der Waals surface area contributed by atoms with Gasteiger partial charge in [0.15, 0.2) is 0 Å². The lowest BCUT2D eigenvalue weighted by molar-refractivity contribution is -0.140. The van der Waals surface area contributed by atoms with Gasteiger partial charge in [0.2, 0.25) is 0 Å². The van der Waals surface area contributed by atoms with Crippen LogP contribution in [0.4, 0.5) is 0 Å². The Bertz CT molecular complexity index is 1140. The maximum Gasteiger partial charge on any atom is 0.333 e. The standard InChI is InChI=1S/C28H30N2O6S/c1-20(2)28(32)36-18-17-35-16-15-34-14-13-33-12-11-30-27(31)23(19-29)26-21-7-3-5-9-24(21)37-25-10-6-4-8-22(25)26/h3-10H,1,11-18H2,2H3,(H,30,31). The van der Waals surface area contributed by atoms with E-state index in [1.807, 2.05) is 48.5 Å². The van der Waals surface area contributed by atoms with Crippen LogP contribution in [0.2, 0.25) is 0 Å². The number of rotatable bonds is 14. The van der Waals surface area contributed by atoms with Crippen molar-refractivity contribution in [2.75, 3.05) is 52.8 Å². The van der Waals surface area contributed by atoms with E-state index in [1.54, 1.807) is 18.7 Å². The van der Waals surface area contributed by atoms with Gasteiger partial charge in [-0.2, -0.15) is 5.26 Å². The smallest absolute Gasteiger partial charge is 0.333 e. The molecule has 0 spiro atoms. The first-order valence-electron chi connectivity index (χ1n) is 11.9. The number of hydrogen-bond donors (Lipinski definition) is 1. The fraction of sp³-hybridized carbons (Fsp3) is 0.321. The number of nitriles is 1. The molecule has 0 fully saturated rings. The van der Waals surface area contributed by atoms with E-state index < -0.39 is 11.9 Å². The average Bonchev–Trinajstić information content (AvgIpc) is 2.91. The SMILES string of the molecule is C=C(C)C(=O)OCCOCCOCCOCCNC(=O)C(C#N)=C1c2ccccc2Sc2ccccc21. The number of esters is 1. The topological polar surface area (TPSA) is 107 Å². The van der Waals surface area contributed by atoms with Gasteiger partial charge in [0.05, 0.1) is 39.6 Å². The summed E-state index contributed by atoms with van der Waals surface area (Å²) < 4.78 is 21.1. The van der Waals surface area contributed by atoms with Crippen LogP contribution in [0.25, 0.3) is 5.57 Å². The molecule has 37 heavy (non-hydrogen) atoms. The van der Waals surface area contributed by atoms with Gasteiger partial charge in [0.25, 0.3) is 5.91 Å². The molecule has 0 radical (unpaired) electrons. The highest BCUT2D eigenvalue weighted by molar-refractivity contribution is 7.99. The van der Waals surface area contributed by atoms with E-state index in [0.29, 0.717) is 37.6 Å². The van der Waals surface area contributed by atoms with Crippen LogP contribution < -0.4 is 5.32 Å². The molecule has 0 saturated heterocycles. The minimum Gasteiger partial charge on any atom is -0.460 e. The largest absolute Gasteiger partial charge is 0.460 e. The van der Waals surface area contributed by atoms with Crippen molar-refractivity contribution >= 4 is 29.2 Å². The summed E-state index contributed by atoms with van der Waals surface area (Å²) in [5.74, 6) is -0.864. The summed E-state index contributed by atoms with van der Waals surface area (Å²) in [5, 5.41) is 12.7.